The van der Waals surface area contributed by atoms with Crippen LogP contribution in [0.25, 0.3) is 11.4 Å². The van der Waals surface area contributed by atoms with Crippen molar-refractivity contribution in [3.63, 3.8) is 0 Å². The largest absolute Gasteiger partial charge is 0.493 e. The fourth-order valence-corrected chi connectivity index (χ4v) is 3.53. The minimum atomic E-state index is -0.195. The van der Waals surface area contributed by atoms with Crippen LogP contribution in [0.4, 0.5) is 0 Å². The van der Waals surface area contributed by atoms with Gasteiger partial charge in [-0.3, -0.25) is 9.59 Å². The number of carbonyl (C=O) groups is 1. The van der Waals surface area contributed by atoms with E-state index >= 15 is 0 Å². The van der Waals surface area contributed by atoms with Gasteiger partial charge in [0.05, 0.1) is 12.2 Å². The molecule has 0 atom stereocenters. The summed E-state index contributed by atoms with van der Waals surface area (Å²) in [6.45, 7) is 6.64. The molecule has 0 saturated carbocycles. The summed E-state index contributed by atoms with van der Waals surface area (Å²) < 4.78 is 5.82. The highest BCUT2D eigenvalue weighted by Crippen LogP contribution is 2.29. The lowest BCUT2D eigenvalue weighted by Gasteiger charge is -2.13. The van der Waals surface area contributed by atoms with E-state index in [1.54, 1.807) is 43.4 Å². The van der Waals surface area contributed by atoms with Crippen molar-refractivity contribution in [3.8, 4) is 17.1 Å². The Kier molecular flexibility index (Phi) is 6.82. The van der Waals surface area contributed by atoms with Crippen LogP contribution in [0.3, 0.4) is 0 Å². The Balaban J connectivity index is 1.87. The molecule has 1 aromatic carbocycles. The molecule has 29 heavy (non-hydrogen) atoms. The second kappa shape index (κ2) is 9.52. The highest BCUT2D eigenvalue weighted by atomic mass is 32.1. The maximum absolute atomic E-state index is 12.6. The first-order chi connectivity index (χ1) is 14.0. The number of nitrogens with zero attached hydrogens (tertiary/aromatic N) is 1. The predicted molar refractivity (Wildman–Crippen MR) is 116 cm³/mol. The molecule has 0 spiro atoms. The number of benzene rings is 1. The van der Waals surface area contributed by atoms with Crippen LogP contribution >= 0.6 is 11.3 Å². The topological polar surface area (TPSA) is 84.1 Å². The fraction of sp³-hybridized carbons (Fsp3) is 0.318. The molecule has 152 valence electrons. The van der Waals surface area contributed by atoms with Crippen LogP contribution in [-0.4, -0.2) is 29.0 Å². The van der Waals surface area contributed by atoms with E-state index in [2.05, 4.69) is 21.4 Å². The summed E-state index contributed by atoms with van der Waals surface area (Å²) in [6, 6.07) is 9.26. The van der Waals surface area contributed by atoms with E-state index in [1.807, 2.05) is 18.4 Å². The molecule has 0 radical (unpaired) electrons. The van der Waals surface area contributed by atoms with Gasteiger partial charge in [0.1, 0.15) is 11.6 Å². The molecule has 6 nitrogen and oxygen atoms in total. The molecule has 0 saturated heterocycles. The molecule has 1 amide bonds. The summed E-state index contributed by atoms with van der Waals surface area (Å²) in [7, 11) is 0. The zero-order valence-corrected chi connectivity index (χ0v) is 17.7. The number of ether oxygens (including phenoxy) is 1. The summed E-state index contributed by atoms with van der Waals surface area (Å²) in [6.07, 6.45) is 1.64. The summed E-state index contributed by atoms with van der Waals surface area (Å²) in [5, 5.41) is 4.97. The second-order valence-corrected chi connectivity index (χ2v) is 7.80. The summed E-state index contributed by atoms with van der Waals surface area (Å²) in [5.41, 5.74) is 2.13. The highest BCUT2D eigenvalue weighted by molar-refractivity contribution is 7.09. The number of nitrogens with one attached hydrogen (secondary N) is 2. The molecule has 0 aliphatic heterocycles. The number of rotatable bonds is 8. The number of hydrogen-bond acceptors (Lipinski definition) is 5. The van der Waals surface area contributed by atoms with Crippen molar-refractivity contribution in [2.75, 3.05) is 13.2 Å². The molecule has 3 aromatic rings. The molecule has 0 bridgehead atoms. The number of hydrogen-bond donors (Lipinski definition) is 2. The minimum absolute atomic E-state index is 0.170. The van der Waals surface area contributed by atoms with Crippen LogP contribution in [0.1, 0.15) is 39.8 Å². The summed E-state index contributed by atoms with van der Waals surface area (Å²) >= 11 is 1.67. The Morgan fingerprint density at radius 3 is 2.79 bits per heavy atom. The first kappa shape index (κ1) is 20.8. The standard InChI is InChI=1S/C22H25N3O3S/c1-4-11-28-19-8-7-16(22(27)23-10-9-17-6-5-12-29-17)13-18(19)20-24-15(3)14(2)21(26)25-20/h5-8,12-13H,4,9-11H2,1-3H3,(H,23,27)(H,24,25,26). The number of aryl methyl sites for hydroxylation is 1. The Morgan fingerprint density at radius 2 is 2.10 bits per heavy atom. The molecule has 2 aromatic heterocycles. The molecule has 2 N–H and O–H groups in total. The van der Waals surface area contributed by atoms with E-state index in [0.29, 0.717) is 47.1 Å². The number of thiophene rings is 1. The molecular weight excluding hydrogens is 386 g/mol. The monoisotopic (exact) mass is 411 g/mol. The first-order valence-corrected chi connectivity index (χ1v) is 10.5. The quantitative estimate of drug-likeness (QED) is 0.589. The van der Waals surface area contributed by atoms with Gasteiger partial charge in [0.2, 0.25) is 0 Å². The lowest BCUT2D eigenvalue weighted by atomic mass is 10.1. The molecule has 0 unspecified atom stereocenters. The van der Waals surface area contributed by atoms with Crippen molar-refractivity contribution >= 4 is 17.2 Å². The Labute approximate surface area is 174 Å². The molecular formula is C22H25N3O3S. The molecule has 0 fully saturated rings. The van der Waals surface area contributed by atoms with E-state index < -0.39 is 0 Å². The number of carbonyl (C=O) groups excluding carboxylic acids is 1. The van der Waals surface area contributed by atoms with Gasteiger partial charge in [-0.2, -0.15) is 0 Å². The lowest BCUT2D eigenvalue weighted by Crippen LogP contribution is -2.25. The third kappa shape index (κ3) is 5.12. The molecule has 0 aliphatic carbocycles. The Bertz CT molecular complexity index is 1040. The van der Waals surface area contributed by atoms with Crippen LogP contribution in [0.2, 0.25) is 0 Å². The highest BCUT2D eigenvalue weighted by Gasteiger charge is 2.15. The number of amides is 1. The first-order valence-electron chi connectivity index (χ1n) is 9.65. The lowest BCUT2D eigenvalue weighted by molar-refractivity contribution is 0.0954. The van der Waals surface area contributed by atoms with E-state index in [1.165, 1.54) is 4.88 Å². The van der Waals surface area contributed by atoms with Crippen molar-refractivity contribution in [2.45, 2.75) is 33.6 Å². The number of aromatic amines is 1. The van der Waals surface area contributed by atoms with Gasteiger partial charge in [-0.05, 0) is 56.3 Å². The van der Waals surface area contributed by atoms with Gasteiger partial charge < -0.3 is 15.0 Å². The van der Waals surface area contributed by atoms with Crippen molar-refractivity contribution in [3.05, 3.63) is 67.8 Å². The molecule has 3 rings (SSSR count). The average molecular weight is 412 g/mol. The fourth-order valence-electron chi connectivity index (χ4n) is 2.82. The van der Waals surface area contributed by atoms with E-state index in [9.17, 15) is 9.59 Å². The van der Waals surface area contributed by atoms with Gasteiger partial charge in [-0.15, -0.1) is 11.3 Å². The zero-order valence-electron chi connectivity index (χ0n) is 16.9. The maximum atomic E-state index is 12.6. The van der Waals surface area contributed by atoms with Crippen molar-refractivity contribution in [1.29, 1.82) is 0 Å². The maximum Gasteiger partial charge on any atom is 0.254 e. The third-order valence-electron chi connectivity index (χ3n) is 4.59. The van der Waals surface area contributed by atoms with E-state index in [0.717, 1.165) is 12.8 Å². The average Bonchev–Trinajstić information content (AvgIpc) is 3.23. The van der Waals surface area contributed by atoms with Crippen LogP contribution in [0.15, 0.2) is 40.5 Å². The molecule has 7 heteroatoms. The van der Waals surface area contributed by atoms with Gasteiger partial charge in [-0.1, -0.05) is 13.0 Å². The van der Waals surface area contributed by atoms with Crippen LogP contribution in [0, 0.1) is 13.8 Å². The summed E-state index contributed by atoms with van der Waals surface area (Å²) in [4.78, 5) is 33.4. The SMILES string of the molecule is CCCOc1ccc(C(=O)NCCc2cccs2)cc1-c1nc(C)c(C)c(=O)[nH]1. The van der Waals surface area contributed by atoms with E-state index in [4.69, 9.17) is 4.74 Å². The van der Waals surface area contributed by atoms with Gasteiger partial charge in [0.25, 0.3) is 11.5 Å². The van der Waals surface area contributed by atoms with Crippen LogP contribution in [0.5, 0.6) is 5.75 Å². The van der Waals surface area contributed by atoms with Crippen molar-refractivity contribution in [1.82, 2.24) is 15.3 Å². The van der Waals surface area contributed by atoms with Gasteiger partial charge in [0.15, 0.2) is 0 Å². The normalized spacial score (nSPS) is 10.7. The van der Waals surface area contributed by atoms with Crippen molar-refractivity contribution < 1.29 is 9.53 Å². The smallest absolute Gasteiger partial charge is 0.254 e. The van der Waals surface area contributed by atoms with Crippen LogP contribution in [-0.2, 0) is 6.42 Å². The zero-order chi connectivity index (χ0) is 20.8. The van der Waals surface area contributed by atoms with Crippen molar-refractivity contribution in [2.24, 2.45) is 0 Å². The number of H-pyrrole nitrogens is 1. The Morgan fingerprint density at radius 1 is 1.28 bits per heavy atom. The molecule has 0 aliphatic rings. The van der Waals surface area contributed by atoms with Gasteiger partial charge >= 0.3 is 0 Å². The van der Waals surface area contributed by atoms with Crippen LogP contribution < -0.4 is 15.6 Å². The van der Waals surface area contributed by atoms with Gasteiger partial charge in [-0.25, -0.2) is 4.98 Å². The Hall–Kier alpha value is -2.93. The number of aromatic nitrogens is 2. The summed E-state index contributed by atoms with van der Waals surface area (Å²) in [5.74, 6) is 0.821. The second-order valence-electron chi connectivity index (χ2n) is 6.77. The molecule has 2 heterocycles. The van der Waals surface area contributed by atoms with Gasteiger partial charge in [0, 0.05) is 28.2 Å². The van der Waals surface area contributed by atoms with E-state index in [-0.39, 0.29) is 11.5 Å². The minimum Gasteiger partial charge on any atom is -0.493 e. The third-order valence-corrected chi connectivity index (χ3v) is 5.53. The predicted octanol–water partition coefficient (Wildman–Crippen LogP) is 3.88.